The molecule has 0 radical (unpaired) electrons. The number of ether oxygens (including phenoxy) is 1. The molecule has 0 saturated heterocycles. The quantitative estimate of drug-likeness (QED) is 0.701. The van der Waals surface area contributed by atoms with Crippen molar-refractivity contribution < 1.29 is 9.53 Å². The summed E-state index contributed by atoms with van der Waals surface area (Å²) in [4.78, 5) is 16.4. The molecule has 3 heteroatoms. The third kappa shape index (κ3) is 5.34. The standard InChI is InChI=1S/C20H27NO2/c1-4-23-19(22)12-13-20(3)14-16(2)18(21-15-20)11-10-17-8-6-5-7-9-17/h5-9,14H,4,10-13,15H2,1-3H3/t20-/m1/s1. The molecule has 0 spiro atoms. The summed E-state index contributed by atoms with van der Waals surface area (Å²) >= 11 is 0. The van der Waals surface area contributed by atoms with Crippen molar-refractivity contribution in [1.29, 1.82) is 0 Å². The molecule has 23 heavy (non-hydrogen) atoms. The molecule has 0 saturated carbocycles. The average Bonchev–Trinajstić information content (AvgIpc) is 2.54. The van der Waals surface area contributed by atoms with Crippen LogP contribution in [-0.2, 0) is 16.0 Å². The van der Waals surface area contributed by atoms with Crippen molar-refractivity contribution >= 4 is 11.7 Å². The van der Waals surface area contributed by atoms with Crippen molar-refractivity contribution in [3.05, 3.63) is 47.5 Å². The predicted octanol–water partition coefficient (Wildman–Crippen LogP) is 4.37. The molecule has 0 bridgehead atoms. The highest BCUT2D eigenvalue weighted by molar-refractivity contribution is 6.00. The van der Waals surface area contributed by atoms with E-state index in [-0.39, 0.29) is 11.4 Å². The summed E-state index contributed by atoms with van der Waals surface area (Å²) in [5.41, 5.74) is 3.76. The first-order valence-corrected chi connectivity index (χ1v) is 8.45. The van der Waals surface area contributed by atoms with Gasteiger partial charge in [-0.25, -0.2) is 0 Å². The number of aryl methyl sites for hydroxylation is 1. The summed E-state index contributed by atoms with van der Waals surface area (Å²) in [7, 11) is 0. The first kappa shape index (κ1) is 17.5. The second kappa shape index (κ2) is 8.09. The maximum atomic E-state index is 11.6. The number of allylic oxidation sites excluding steroid dienone is 1. The lowest BCUT2D eigenvalue weighted by Crippen LogP contribution is -2.26. The number of esters is 1. The summed E-state index contributed by atoms with van der Waals surface area (Å²) < 4.78 is 5.02. The number of benzene rings is 1. The molecule has 1 aliphatic rings. The molecule has 0 fully saturated rings. The Morgan fingerprint density at radius 2 is 2.00 bits per heavy atom. The van der Waals surface area contributed by atoms with Crippen molar-refractivity contribution in [2.75, 3.05) is 13.2 Å². The zero-order valence-electron chi connectivity index (χ0n) is 14.5. The minimum atomic E-state index is -0.112. The predicted molar refractivity (Wildman–Crippen MR) is 94.8 cm³/mol. The van der Waals surface area contributed by atoms with Crippen molar-refractivity contribution in [2.24, 2.45) is 10.4 Å². The Kier molecular flexibility index (Phi) is 6.14. The fraction of sp³-hybridized carbons (Fsp3) is 0.500. The van der Waals surface area contributed by atoms with Crippen LogP contribution in [-0.4, -0.2) is 24.8 Å². The normalized spacial score (nSPS) is 20.7. The highest BCUT2D eigenvalue weighted by Crippen LogP contribution is 2.31. The van der Waals surface area contributed by atoms with Crippen LogP contribution in [0.15, 0.2) is 47.0 Å². The molecule has 1 aromatic rings. The number of aliphatic imine (C=N–C) groups is 1. The summed E-state index contributed by atoms with van der Waals surface area (Å²) in [6, 6.07) is 10.5. The summed E-state index contributed by atoms with van der Waals surface area (Å²) in [6.07, 6.45) is 5.53. The third-order valence-corrected chi connectivity index (χ3v) is 4.35. The zero-order valence-corrected chi connectivity index (χ0v) is 14.5. The van der Waals surface area contributed by atoms with Crippen LogP contribution in [0.4, 0.5) is 0 Å². The van der Waals surface area contributed by atoms with Crippen LogP contribution in [0.2, 0.25) is 0 Å². The molecule has 0 unspecified atom stereocenters. The molecule has 1 heterocycles. The van der Waals surface area contributed by atoms with Crippen molar-refractivity contribution in [1.82, 2.24) is 0 Å². The maximum Gasteiger partial charge on any atom is 0.305 e. The fourth-order valence-electron chi connectivity index (χ4n) is 3.01. The Morgan fingerprint density at radius 3 is 2.65 bits per heavy atom. The molecule has 1 aromatic carbocycles. The number of carbonyl (C=O) groups excluding carboxylic acids is 1. The largest absolute Gasteiger partial charge is 0.466 e. The summed E-state index contributed by atoms with van der Waals surface area (Å²) in [5, 5.41) is 0. The Hall–Kier alpha value is -1.90. The molecule has 1 atom stereocenters. The Bertz CT molecular complexity index is 589. The van der Waals surface area contributed by atoms with E-state index in [0.717, 1.165) is 25.8 Å². The van der Waals surface area contributed by atoms with Crippen LogP contribution >= 0.6 is 0 Å². The average molecular weight is 313 g/mol. The molecule has 0 aromatic heterocycles. The van der Waals surface area contributed by atoms with Gasteiger partial charge < -0.3 is 4.74 Å². The lowest BCUT2D eigenvalue weighted by Gasteiger charge is -2.29. The smallest absolute Gasteiger partial charge is 0.305 e. The van der Waals surface area contributed by atoms with E-state index in [1.165, 1.54) is 16.8 Å². The number of hydrogen-bond acceptors (Lipinski definition) is 3. The molecular formula is C20H27NO2. The van der Waals surface area contributed by atoms with Crippen molar-refractivity contribution in [2.45, 2.75) is 46.5 Å². The van der Waals surface area contributed by atoms with Crippen LogP contribution in [0.5, 0.6) is 0 Å². The van der Waals surface area contributed by atoms with Crippen molar-refractivity contribution in [3.8, 4) is 0 Å². The van der Waals surface area contributed by atoms with E-state index in [4.69, 9.17) is 9.73 Å². The van der Waals surface area contributed by atoms with E-state index in [1.54, 1.807) is 0 Å². The van der Waals surface area contributed by atoms with Gasteiger partial charge in [-0.05, 0) is 44.2 Å². The third-order valence-electron chi connectivity index (χ3n) is 4.35. The lowest BCUT2D eigenvalue weighted by molar-refractivity contribution is -0.143. The molecular weight excluding hydrogens is 286 g/mol. The monoisotopic (exact) mass is 313 g/mol. The maximum absolute atomic E-state index is 11.6. The number of hydrogen-bond donors (Lipinski definition) is 0. The van der Waals surface area contributed by atoms with Crippen LogP contribution < -0.4 is 0 Å². The van der Waals surface area contributed by atoms with Crippen LogP contribution in [0.3, 0.4) is 0 Å². The first-order chi connectivity index (χ1) is 11.0. The van der Waals surface area contributed by atoms with Gasteiger partial charge in [0.05, 0.1) is 6.61 Å². The topological polar surface area (TPSA) is 38.7 Å². The van der Waals surface area contributed by atoms with Gasteiger partial charge in [-0.1, -0.05) is 43.3 Å². The van der Waals surface area contributed by atoms with E-state index in [1.807, 2.05) is 13.0 Å². The SMILES string of the molecule is CCOC(=O)CC[C@]1(C)C=C(C)C(CCc2ccccc2)=NC1. The number of rotatable bonds is 7. The van der Waals surface area contributed by atoms with E-state index >= 15 is 0 Å². The number of nitrogens with zero attached hydrogens (tertiary/aromatic N) is 1. The van der Waals surface area contributed by atoms with E-state index < -0.39 is 0 Å². The van der Waals surface area contributed by atoms with Gasteiger partial charge in [0.15, 0.2) is 0 Å². The molecule has 3 nitrogen and oxygen atoms in total. The molecule has 0 amide bonds. The molecule has 124 valence electrons. The van der Waals surface area contributed by atoms with E-state index in [9.17, 15) is 4.79 Å². The van der Waals surface area contributed by atoms with E-state index in [2.05, 4.69) is 44.2 Å². The highest BCUT2D eigenvalue weighted by Gasteiger charge is 2.27. The van der Waals surface area contributed by atoms with Gasteiger partial charge in [0.25, 0.3) is 0 Å². The second-order valence-corrected chi connectivity index (χ2v) is 6.53. The fourth-order valence-corrected chi connectivity index (χ4v) is 3.01. The van der Waals surface area contributed by atoms with Gasteiger partial charge in [0, 0.05) is 24.1 Å². The van der Waals surface area contributed by atoms with Gasteiger partial charge in [0.1, 0.15) is 0 Å². The minimum absolute atomic E-state index is 0.0346. The van der Waals surface area contributed by atoms with Crippen LogP contribution in [0.25, 0.3) is 0 Å². The number of carbonyl (C=O) groups is 1. The molecule has 1 aliphatic heterocycles. The summed E-state index contributed by atoms with van der Waals surface area (Å²) in [6.45, 7) is 7.35. The van der Waals surface area contributed by atoms with Gasteiger partial charge in [-0.15, -0.1) is 0 Å². The van der Waals surface area contributed by atoms with Crippen molar-refractivity contribution in [3.63, 3.8) is 0 Å². The minimum Gasteiger partial charge on any atom is -0.466 e. The lowest BCUT2D eigenvalue weighted by atomic mass is 9.80. The molecule has 2 rings (SSSR count). The highest BCUT2D eigenvalue weighted by atomic mass is 16.5. The van der Waals surface area contributed by atoms with E-state index in [0.29, 0.717) is 13.0 Å². The van der Waals surface area contributed by atoms with Gasteiger partial charge in [0.2, 0.25) is 0 Å². The first-order valence-electron chi connectivity index (χ1n) is 8.45. The van der Waals surface area contributed by atoms with Gasteiger partial charge >= 0.3 is 5.97 Å². The van der Waals surface area contributed by atoms with Crippen LogP contribution in [0, 0.1) is 5.41 Å². The molecule has 0 N–H and O–H groups in total. The van der Waals surface area contributed by atoms with Gasteiger partial charge in [-0.2, -0.15) is 0 Å². The Morgan fingerprint density at radius 1 is 1.26 bits per heavy atom. The summed E-state index contributed by atoms with van der Waals surface area (Å²) in [5.74, 6) is -0.112. The zero-order chi connectivity index (χ0) is 16.7. The number of dihydropyridines is 1. The van der Waals surface area contributed by atoms with Crippen LogP contribution in [0.1, 0.15) is 45.6 Å². The second-order valence-electron chi connectivity index (χ2n) is 6.53. The molecule has 0 aliphatic carbocycles. The Balaban J connectivity index is 1.89. The van der Waals surface area contributed by atoms with Gasteiger partial charge in [-0.3, -0.25) is 9.79 Å². The Labute approximate surface area is 139 Å².